The van der Waals surface area contributed by atoms with Crippen LogP contribution in [-0.4, -0.2) is 19.2 Å². The molecule has 98 valence electrons. The third-order valence-corrected chi connectivity index (χ3v) is 3.80. The van der Waals surface area contributed by atoms with E-state index in [1.54, 1.807) is 31.8 Å². The molecule has 3 rings (SSSR count). The van der Waals surface area contributed by atoms with Crippen LogP contribution >= 0.6 is 11.3 Å². The quantitative estimate of drug-likeness (QED) is 0.678. The summed E-state index contributed by atoms with van der Waals surface area (Å²) in [4.78, 5) is 4.55. The first-order chi connectivity index (χ1) is 9.33. The predicted octanol–water partition coefficient (Wildman–Crippen LogP) is 3.85. The Labute approximate surface area is 114 Å². The van der Waals surface area contributed by atoms with Crippen molar-refractivity contribution < 1.29 is 13.9 Å². The number of aromatic nitrogens is 1. The van der Waals surface area contributed by atoms with Crippen LogP contribution < -0.4 is 0 Å². The van der Waals surface area contributed by atoms with Gasteiger partial charge in [-0.1, -0.05) is 18.2 Å². The third kappa shape index (κ3) is 2.16. The number of benzene rings is 1. The molecule has 2 heterocycles. The molecule has 0 saturated carbocycles. The second kappa shape index (κ2) is 5.13. The first kappa shape index (κ1) is 12.3. The van der Waals surface area contributed by atoms with Crippen LogP contribution in [0.15, 0.2) is 40.3 Å². The lowest BCUT2D eigenvalue weighted by atomic mass is 10.2. The molecule has 0 aliphatic heterocycles. The van der Waals surface area contributed by atoms with E-state index in [2.05, 4.69) is 4.98 Å². The summed E-state index contributed by atoms with van der Waals surface area (Å²) in [6, 6.07) is 7.91. The molecular weight excluding hydrogens is 262 g/mol. The van der Waals surface area contributed by atoms with Crippen molar-refractivity contribution in [2.75, 3.05) is 14.2 Å². The third-order valence-electron chi connectivity index (χ3n) is 2.90. The van der Waals surface area contributed by atoms with Gasteiger partial charge in [-0.15, -0.1) is 11.3 Å². The van der Waals surface area contributed by atoms with Gasteiger partial charge in [0.1, 0.15) is 22.5 Å². The molecule has 0 amide bonds. The van der Waals surface area contributed by atoms with Gasteiger partial charge in [0, 0.05) is 25.0 Å². The number of hydrogen-bond donors (Lipinski definition) is 0. The molecule has 0 saturated heterocycles. The van der Waals surface area contributed by atoms with Gasteiger partial charge in [0.25, 0.3) is 0 Å². The van der Waals surface area contributed by atoms with E-state index in [1.165, 1.54) is 0 Å². The molecule has 1 aromatic carbocycles. The van der Waals surface area contributed by atoms with E-state index in [9.17, 15) is 0 Å². The number of ether oxygens (including phenoxy) is 2. The van der Waals surface area contributed by atoms with Crippen molar-refractivity contribution in [2.24, 2.45) is 0 Å². The highest BCUT2D eigenvalue weighted by Gasteiger charge is 2.16. The summed E-state index contributed by atoms with van der Waals surface area (Å²) in [7, 11) is 3.20. The van der Waals surface area contributed by atoms with Gasteiger partial charge in [0.05, 0.1) is 5.56 Å². The summed E-state index contributed by atoms with van der Waals surface area (Å²) in [5.74, 6) is 0. The van der Waals surface area contributed by atoms with Crippen LogP contribution in [0.25, 0.3) is 21.5 Å². The van der Waals surface area contributed by atoms with Crippen LogP contribution in [0, 0.1) is 0 Å². The van der Waals surface area contributed by atoms with Gasteiger partial charge in [-0.25, -0.2) is 4.98 Å². The number of hydrogen-bond acceptors (Lipinski definition) is 5. The van der Waals surface area contributed by atoms with E-state index in [-0.39, 0.29) is 0 Å². The van der Waals surface area contributed by atoms with Crippen LogP contribution in [0.2, 0.25) is 0 Å². The zero-order chi connectivity index (χ0) is 13.2. The van der Waals surface area contributed by atoms with E-state index < -0.39 is 6.29 Å². The molecule has 4 nitrogen and oxygen atoms in total. The zero-order valence-electron chi connectivity index (χ0n) is 10.6. The van der Waals surface area contributed by atoms with Crippen LogP contribution in [0.3, 0.4) is 0 Å². The van der Waals surface area contributed by atoms with Gasteiger partial charge in [0.15, 0.2) is 0 Å². The lowest BCUT2D eigenvalue weighted by Crippen LogP contribution is -2.03. The van der Waals surface area contributed by atoms with E-state index in [4.69, 9.17) is 13.9 Å². The molecule has 0 N–H and O–H groups in total. The summed E-state index contributed by atoms with van der Waals surface area (Å²) in [6.07, 6.45) is 1.31. The number of furan rings is 1. The van der Waals surface area contributed by atoms with Crippen molar-refractivity contribution in [1.29, 1.82) is 0 Å². The highest BCUT2D eigenvalue weighted by Crippen LogP contribution is 2.33. The van der Waals surface area contributed by atoms with Gasteiger partial charge in [0.2, 0.25) is 6.29 Å². The summed E-state index contributed by atoms with van der Waals surface area (Å²) < 4.78 is 15.9. The highest BCUT2D eigenvalue weighted by atomic mass is 32.1. The fraction of sp³-hybridized carbons (Fsp3) is 0.214. The topological polar surface area (TPSA) is 44.5 Å². The SMILES string of the molecule is COC(OC)c1csc(-c2coc3ccccc23)n1. The molecule has 2 aromatic heterocycles. The van der Waals surface area contributed by atoms with E-state index >= 15 is 0 Å². The van der Waals surface area contributed by atoms with Crippen LogP contribution in [-0.2, 0) is 9.47 Å². The van der Waals surface area contributed by atoms with Crippen molar-refractivity contribution in [3.05, 3.63) is 41.6 Å². The Morgan fingerprint density at radius 1 is 1.21 bits per heavy atom. The molecule has 0 radical (unpaired) electrons. The summed E-state index contributed by atoms with van der Waals surface area (Å²) in [6.45, 7) is 0. The monoisotopic (exact) mass is 275 g/mol. The number of nitrogens with zero attached hydrogens (tertiary/aromatic N) is 1. The number of fused-ring (bicyclic) bond motifs is 1. The Bertz CT molecular complexity index is 685. The maximum absolute atomic E-state index is 5.53. The average Bonchev–Trinajstić information content (AvgIpc) is 3.06. The minimum atomic E-state index is -0.428. The van der Waals surface area contributed by atoms with E-state index in [1.807, 2.05) is 29.6 Å². The Balaban J connectivity index is 2.03. The Morgan fingerprint density at radius 2 is 2.00 bits per heavy atom. The number of para-hydroxylation sites is 1. The molecule has 19 heavy (non-hydrogen) atoms. The lowest BCUT2D eigenvalue weighted by Gasteiger charge is -2.09. The van der Waals surface area contributed by atoms with Crippen molar-refractivity contribution in [3.63, 3.8) is 0 Å². The molecule has 0 unspecified atom stereocenters. The van der Waals surface area contributed by atoms with Crippen molar-refractivity contribution in [3.8, 4) is 10.6 Å². The van der Waals surface area contributed by atoms with Crippen molar-refractivity contribution >= 4 is 22.3 Å². The maximum atomic E-state index is 5.53. The van der Waals surface area contributed by atoms with Gasteiger partial charge >= 0.3 is 0 Å². The van der Waals surface area contributed by atoms with Crippen LogP contribution in [0.1, 0.15) is 12.0 Å². The normalized spacial score (nSPS) is 11.5. The van der Waals surface area contributed by atoms with Crippen LogP contribution in [0.4, 0.5) is 0 Å². The van der Waals surface area contributed by atoms with Gasteiger partial charge in [-0.05, 0) is 6.07 Å². The molecule has 5 heteroatoms. The first-order valence-electron chi connectivity index (χ1n) is 5.81. The molecule has 3 aromatic rings. The molecule has 0 spiro atoms. The smallest absolute Gasteiger partial charge is 0.201 e. The minimum absolute atomic E-state index is 0.428. The highest BCUT2D eigenvalue weighted by molar-refractivity contribution is 7.13. The van der Waals surface area contributed by atoms with Gasteiger partial charge in [-0.3, -0.25) is 0 Å². The number of rotatable bonds is 4. The van der Waals surface area contributed by atoms with E-state index in [0.29, 0.717) is 0 Å². The molecule has 0 fully saturated rings. The summed E-state index contributed by atoms with van der Waals surface area (Å²) >= 11 is 1.55. The molecule has 0 aliphatic carbocycles. The average molecular weight is 275 g/mol. The molecular formula is C14H13NO3S. The standard InChI is InChI=1S/C14H13NO3S/c1-16-14(17-2)11-8-19-13(15-11)10-7-18-12-6-4-3-5-9(10)12/h3-8,14H,1-2H3. The Kier molecular flexibility index (Phi) is 3.33. The van der Waals surface area contributed by atoms with Gasteiger partial charge in [-0.2, -0.15) is 0 Å². The first-order valence-corrected chi connectivity index (χ1v) is 6.69. The fourth-order valence-electron chi connectivity index (χ4n) is 2.00. The second-order valence-electron chi connectivity index (χ2n) is 4.03. The van der Waals surface area contributed by atoms with Gasteiger partial charge < -0.3 is 13.9 Å². The Hall–Kier alpha value is -1.69. The Morgan fingerprint density at radius 3 is 2.79 bits per heavy atom. The predicted molar refractivity (Wildman–Crippen MR) is 74.1 cm³/mol. The molecule has 0 bridgehead atoms. The van der Waals surface area contributed by atoms with E-state index in [0.717, 1.165) is 27.2 Å². The summed E-state index contributed by atoms with van der Waals surface area (Å²) in [5.41, 5.74) is 2.64. The largest absolute Gasteiger partial charge is 0.464 e. The fourth-order valence-corrected chi connectivity index (χ4v) is 2.84. The van der Waals surface area contributed by atoms with Crippen LogP contribution in [0.5, 0.6) is 0 Å². The maximum Gasteiger partial charge on any atom is 0.201 e. The number of methoxy groups -OCH3 is 2. The van der Waals surface area contributed by atoms with Crippen molar-refractivity contribution in [2.45, 2.75) is 6.29 Å². The molecule has 0 atom stereocenters. The summed E-state index contributed by atoms with van der Waals surface area (Å²) in [5, 5.41) is 3.91. The molecule has 0 aliphatic rings. The minimum Gasteiger partial charge on any atom is -0.464 e. The second-order valence-corrected chi connectivity index (χ2v) is 4.88. The zero-order valence-corrected chi connectivity index (χ0v) is 11.4. The lowest BCUT2D eigenvalue weighted by molar-refractivity contribution is -0.108. The number of thiazole rings is 1. The van der Waals surface area contributed by atoms with Crippen molar-refractivity contribution in [1.82, 2.24) is 4.98 Å².